The van der Waals surface area contributed by atoms with E-state index in [0.717, 1.165) is 11.1 Å². The number of carboxylic acids is 1. The van der Waals surface area contributed by atoms with Gasteiger partial charge >= 0.3 is 5.97 Å². The number of carbonyl (C=O) groups excluding carboxylic acids is 2. The first-order valence-electron chi connectivity index (χ1n) is 8.93. The maximum Gasteiger partial charge on any atom is 0.341 e. The minimum Gasteiger partial charge on any atom is -0.482 e. The van der Waals surface area contributed by atoms with Crippen molar-refractivity contribution < 1.29 is 24.2 Å². The molecule has 28 heavy (non-hydrogen) atoms. The highest BCUT2D eigenvalue weighted by Gasteiger charge is 2.13. The maximum absolute atomic E-state index is 12.2. The van der Waals surface area contributed by atoms with Crippen molar-refractivity contribution in [1.82, 2.24) is 10.2 Å². The van der Waals surface area contributed by atoms with E-state index in [-0.39, 0.29) is 24.9 Å². The average Bonchev–Trinajstić information content (AvgIpc) is 2.69. The van der Waals surface area contributed by atoms with Crippen LogP contribution in [0.25, 0.3) is 0 Å². The van der Waals surface area contributed by atoms with Gasteiger partial charge in [-0.1, -0.05) is 42.5 Å². The van der Waals surface area contributed by atoms with E-state index in [2.05, 4.69) is 5.32 Å². The minimum absolute atomic E-state index is 0.0165. The Bertz CT molecular complexity index is 807. The van der Waals surface area contributed by atoms with E-state index in [4.69, 9.17) is 9.84 Å². The predicted molar refractivity (Wildman–Crippen MR) is 104 cm³/mol. The van der Waals surface area contributed by atoms with Crippen molar-refractivity contribution in [2.45, 2.75) is 19.9 Å². The van der Waals surface area contributed by atoms with Gasteiger partial charge in [0.15, 0.2) is 6.61 Å². The molecule has 0 aromatic heterocycles. The van der Waals surface area contributed by atoms with Crippen molar-refractivity contribution in [2.75, 3.05) is 19.7 Å². The van der Waals surface area contributed by atoms with E-state index in [0.29, 0.717) is 18.7 Å². The summed E-state index contributed by atoms with van der Waals surface area (Å²) >= 11 is 0. The van der Waals surface area contributed by atoms with Crippen LogP contribution in [0.5, 0.6) is 5.75 Å². The number of aliphatic carboxylic acids is 1. The Morgan fingerprint density at radius 2 is 1.75 bits per heavy atom. The molecule has 2 N–H and O–H groups in total. The summed E-state index contributed by atoms with van der Waals surface area (Å²) in [4.78, 5) is 36.1. The molecule has 0 unspecified atom stereocenters. The van der Waals surface area contributed by atoms with Gasteiger partial charge in [0.1, 0.15) is 5.75 Å². The highest BCUT2D eigenvalue weighted by atomic mass is 16.5. The van der Waals surface area contributed by atoms with Crippen LogP contribution in [0.1, 0.15) is 18.1 Å². The summed E-state index contributed by atoms with van der Waals surface area (Å²) in [6.07, 6.45) is 0.677. The summed E-state index contributed by atoms with van der Waals surface area (Å²) in [5, 5.41) is 11.4. The normalized spacial score (nSPS) is 10.2. The molecule has 0 aliphatic carbocycles. The van der Waals surface area contributed by atoms with Crippen molar-refractivity contribution in [3.63, 3.8) is 0 Å². The quantitative estimate of drug-likeness (QED) is 0.652. The van der Waals surface area contributed by atoms with Gasteiger partial charge in [0.25, 0.3) is 0 Å². The van der Waals surface area contributed by atoms with E-state index < -0.39 is 12.6 Å². The fourth-order valence-electron chi connectivity index (χ4n) is 2.58. The number of hydrogen-bond acceptors (Lipinski definition) is 4. The first-order chi connectivity index (χ1) is 13.4. The van der Waals surface area contributed by atoms with Crippen LogP contribution in [0, 0.1) is 0 Å². The summed E-state index contributed by atoms with van der Waals surface area (Å²) < 4.78 is 5.12. The molecule has 2 amide bonds. The summed E-state index contributed by atoms with van der Waals surface area (Å²) in [6.45, 7) is 1.72. The highest BCUT2D eigenvalue weighted by molar-refractivity contribution is 5.83. The SMILES string of the molecule is CC(=O)N(CCc1ccccc1)CC(=O)NCc1cccc(OCC(=O)O)c1. The third-order valence-electron chi connectivity index (χ3n) is 4.04. The molecule has 148 valence electrons. The summed E-state index contributed by atoms with van der Waals surface area (Å²) in [5.41, 5.74) is 1.88. The van der Waals surface area contributed by atoms with E-state index >= 15 is 0 Å². The van der Waals surface area contributed by atoms with Crippen LogP contribution in [0.2, 0.25) is 0 Å². The van der Waals surface area contributed by atoms with E-state index in [1.165, 1.54) is 11.8 Å². The van der Waals surface area contributed by atoms with Crippen molar-refractivity contribution >= 4 is 17.8 Å². The molecule has 2 aromatic carbocycles. The molecule has 0 atom stereocenters. The Balaban J connectivity index is 1.83. The Morgan fingerprint density at radius 1 is 1.04 bits per heavy atom. The Labute approximate surface area is 163 Å². The van der Waals surface area contributed by atoms with Gasteiger partial charge in [-0.3, -0.25) is 9.59 Å². The number of benzene rings is 2. The third kappa shape index (κ3) is 7.49. The Morgan fingerprint density at radius 3 is 2.43 bits per heavy atom. The topological polar surface area (TPSA) is 95.9 Å². The van der Waals surface area contributed by atoms with E-state index in [9.17, 15) is 14.4 Å². The number of carboxylic acid groups (broad SMARTS) is 1. The van der Waals surface area contributed by atoms with Crippen molar-refractivity contribution in [3.8, 4) is 5.75 Å². The number of amides is 2. The van der Waals surface area contributed by atoms with Crippen molar-refractivity contribution in [2.24, 2.45) is 0 Å². The summed E-state index contributed by atoms with van der Waals surface area (Å²) in [6, 6.07) is 16.6. The average molecular weight is 384 g/mol. The van der Waals surface area contributed by atoms with Gasteiger partial charge < -0.3 is 20.1 Å². The lowest BCUT2D eigenvalue weighted by Gasteiger charge is -2.20. The molecule has 0 aliphatic heterocycles. The van der Waals surface area contributed by atoms with Gasteiger partial charge in [0.2, 0.25) is 11.8 Å². The first kappa shape index (κ1) is 21.0. The molecule has 7 heteroatoms. The van der Waals surface area contributed by atoms with Gasteiger partial charge in [0.05, 0.1) is 6.54 Å². The second-order valence-corrected chi connectivity index (χ2v) is 6.28. The molecule has 0 fully saturated rings. The maximum atomic E-state index is 12.2. The molecule has 0 heterocycles. The minimum atomic E-state index is -1.06. The molecule has 0 radical (unpaired) electrons. The monoisotopic (exact) mass is 384 g/mol. The zero-order chi connectivity index (χ0) is 20.4. The number of rotatable bonds is 10. The fraction of sp³-hybridized carbons (Fsp3) is 0.286. The molecule has 0 saturated heterocycles. The lowest BCUT2D eigenvalue weighted by Crippen LogP contribution is -2.40. The molecule has 0 saturated carbocycles. The lowest BCUT2D eigenvalue weighted by atomic mass is 10.1. The van der Waals surface area contributed by atoms with E-state index in [1.54, 1.807) is 24.3 Å². The van der Waals surface area contributed by atoms with Crippen LogP contribution < -0.4 is 10.1 Å². The van der Waals surface area contributed by atoms with Crippen LogP contribution in [0.3, 0.4) is 0 Å². The number of ether oxygens (including phenoxy) is 1. The Hall–Kier alpha value is -3.35. The smallest absolute Gasteiger partial charge is 0.341 e. The van der Waals surface area contributed by atoms with Crippen LogP contribution in [-0.4, -0.2) is 47.5 Å². The molecular formula is C21H24N2O5. The predicted octanol–water partition coefficient (Wildman–Crippen LogP) is 1.86. The zero-order valence-electron chi connectivity index (χ0n) is 15.8. The second-order valence-electron chi connectivity index (χ2n) is 6.28. The number of carbonyl (C=O) groups is 3. The highest BCUT2D eigenvalue weighted by Crippen LogP contribution is 2.13. The molecule has 2 rings (SSSR count). The Kier molecular flexibility index (Phi) is 8.02. The number of nitrogens with one attached hydrogen (secondary N) is 1. The third-order valence-corrected chi connectivity index (χ3v) is 4.04. The van der Waals surface area contributed by atoms with Gasteiger partial charge in [-0.15, -0.1) is 0 Å². The van der Waals surface area contributed by atoms with Crippen LogP contribution in [0.4, 0.5) is 0 Å². The summed E-state index contributed by atoms with van der Waals surface area (Å²) in [7, 11) is 0. The molecule has 0 bridgehead atoms. The molecule has 7 nitrogen and oxygen atoms in total. The lowest BCUT2D eigenvalue weighted by molar-refractivity contribution is -0.139. The second kappa shape index (κ2) is 10.7. The molecule has 2 aromatic rings. The van der Waals surface area contributed by atoms with Crippen LogP contribution >= 0.6 is 0 Å². The number of nitrogens with zero attached hydrogens (tertiary/aromatic N) is 1. The molecular weight excluding hydrogens is 360 g/mol. The van der Waals surface area contributed by atoms with Gasteiger partial charge in [-0.05, 0) is 29.7 Å². The van der Waals surface area contributed by atoms with Gasteiger partial charge in [-0.25, -0.2) is 4.79 Å². The molecule has 0 aliphatic rings. The van der Waals surface area contributed by atoms with Gasteiger partial charge in [-0.2, -0.15) is 0 Å². The standard InChI is InChI=1S/C21H24N2O5/c1-16(24)23(11-10-17-6-3-2-4-7-17)14-20(25)22-13-18-8-5-9-19(12-18)28-15-21(26)27/h2-9,12H,10-11,13-15H2,1H3,(H,22,25)(H,26,27). The summed E-state index contributed by atoms with van der Waals surface area (Å²) in [5.74, 6) is -1.06. The molecule has 0 spiro atoms. The van der Waals surface area contributed by atoms with Gasteiger partial charge in [0, 0.05) is 20.0 Å². The van der Waals surface area contributed by atoms with Crippen molar-refractivity contribution in [1.29, 1.82) is 0 Å². The first-order valence-corrected chi connectivity index (χ1v) is 8.93. The van der Waals surface area contributed by atoms with E-state index in [1.807, 2.05) is 30.3 Å². The van der Waals surface area contributed by atoms with Crippen molar-refractivity contribution in [3.05, 3.63) is 65.7 Å². The van der Waals surface area contributed by atoms with Crippen LogP contribution in [0.15, 0.2) is 54.6 Å². The largest absolute Gasteiger partial charge is 0.482 e. The number of hydrogen-bond donors (Lipinski definition) is 2. The van der Waals surface area contributed by atoms with Crippen LogP contribution in [-0.2, 0) is 27.3 Å². The fourth-order valence-corrected chi connectivity index (χ4v) is 2.58. The zero-order valence-corrected chi connectivity index (χ0v) is 15.8.